The van der Waals surface area contributed by atoms with Gasteiger partial charge in [-0.25, -0.2) is 4.98 Å². The van der Waals surface area contributed by atoms with Crippen LogP contribution in [-0.4, -0.2) is 17.9 Å². The molecule has 0 aliphatic carbocycles. The molecule has 1 aromatic heterocycles. The highest BCUT2D eigenvalue weighted by Gasteiger charge is 2.03. The number of rotatable bonds is 5. The van der Waals surface area contributed by atoms with Crippen LogP contribution in [0.4, 0.5) is 0 Å². The Morgan fingerprint density at radius 1 is 1.50 bits per heavy atom. The Kier molecular flexibility index (Phi) is 4.53. The van der Waals surface area contributed by atoms with Crippen LogP contribution in [0.25, 0.3) is 6.08 Å². The van der Waals surface area contributed by atoms with Crippen LogP contribution < -0.4 is 10.5 Å². The smallest absolute Gasteiger partial charge is 0.126 e. The van der Waals surface area contributed by atoms with Gasteiger partial charge in [0.05, 0.1) is 17.8 Å². The Balaban J connectivity index is 2.18. The van der Waals surface area contributed by atoms with Gasteiger partial charge in [0.15, 0.2) is 0 Å². The third-order valence-electron chi connectivity index (χ3n) is 2.83. The molecule has 0 atom stereocenters. The molecule has 0 amide bonds. The molecule has 0 saturated carbocycles. The summed E-state index contributed by atoms with van der Waals surface area (Å²) in [6, 6.07) is 5.45. The second-order valence-corrected chi connectivity index (χ2v) is 5.40. The summed E-state index contributed by atoms with van der Waals surface area (Å²) in [5.41, 5.74) is 8.17. The number of nitrogens with zero attached hydrogens (tertiary/aromatic N) is 1. The van der Waals surface area contributed by atoms with Gasteiger partial charge >= 0.3 is 0 Å². The van der Waals surface area contributed by atoms with Crippen LogP contribution in [0.1, 0.15) is 21.8 Å². The Bertz CT molecular complexity index is 646. The number of hydrogen-bond acceptors (Lipinski definition) is 4. The maximum atomic E-state index is 7.48. The minimum atomic E-state index is 0.0532. The Morgan fingerprint density at radius 2 is 2.30 bits per heavy atom. The van der Waals surface area contributed by atoms with E-state index in [-0.39, 0.29) is 5.84 Å². The molecule has 0 unspecified atom stereocenters. The molecule has 0 saturated heterocycles. The number of aryl methyl sites for hydroxylation is 1. The number of nitrogens with two attached hydrogens (primary N) is 1. The first kappa shape index (κ1) is 14.3. The van der Waals surface area contributed by atoms with E-state index in [4.69, 9.17) is 15.9 Å². The van der Waals surface area contributed by atoms with Gasteiger partial charge in [-0.3, -0.25) is 5.41 Å². The molecular weight excluding hydrogens is 270 g/mol. The van der Waals surface area contributed by atoms with Gasteiger partial charge in [0.25, 0.3) is 0 Å². The Morgan fingerprint density at radius 3 is 2.90 bits per heavy atom. The Labute approximate surface area is 122 Å². The zero-order valence-electron chi connectivity index (χ0n) is 11.5. The summed E-state index contributed by atoms with van der Waals surface area (Å²) in [5, 5.41) is 10.6. The second-order valence-electron chi connectivity index (χ2n) is 4.33. The summed E-state index contributed by atoms with van der Waals surface area (Å²) in [7, 11) is 1.63. The van der Waals surface area contributed by atoms with Crippen LogP contribution in [0.5, 0.6) is 5.75 Å². The van der Waals surface area contributed by atoms with Crippen LogP contribution in [0.15, 0.2) is 29.7 Å². The molecule has 0 bridgehead atoms. The van der Waals surface area contributed by atoms with Gasteiger partial charge in [-0.2, -0.15) is 0 Å². The predicted octanol–water partition coefficient (Wildman–Crippen LogP) is 3.00. The van der Waals surface area contributed by atoms with Crippen molar-refractivity contribution in [3.8, 4) is 5.75 Å². The molecule has 0 fully saturated rings. The lowest BCUT2D eigenvalue weighted by Crippen LogP contribution is -2.11. The van der Waals surface area contributed by atoms with E-state index in [0.29, 0.717) is 5.56 Å². The van der Waals surface area contributed by atoms with Gasteiger partial charge in [-0.15, -0.1) is 11.3 Å². The number of amidine groups is 1. The number of hydrogen-bond donors (Lipinski definition) is 2. The molecule has 0 aliphatic rings. The van der Waals surface area contributed by atoms with Crippen molar-refractivity contribution in [2.45, 2.75) is 13.3 Å². The zero-order chi connectivity index (χ0) is 14.5. The highest BCUT2D eigenvalue weighted by molar-refractivity contribution is 7.09. The number of ether oxygens (including phenoxy) is 1. The van der Waals surface area contributed by atoms with Crippen LogP contribution in [0, 0.1) is 12.3 Å². The van der Waals surface area contributed by atoms with E-state index in [2.05, 4.69) is 10.4 Å². The summed E-state index contributed by atoms with van der Waals surface area (Å²) >= 11 is 1.65. The molecule has 3 N–H and O–H groups in total. The van der Waals surface area contributed by atoms with Crippen molar-refractivity contribution < 1.29 is 4.74 Å². The van der Waals surface area contributed by atoms with Gasteiger partial charge in [0, 0.05) is 22.9 Å². The fraction of sp³-hybridized carbons (Fsp3) is 0.200. The number of thiazole rings is 1. The topological polar surface area (TPSA) is 72.0 Å². The van der Waals surface area contributed by atoms with E-state index in [1.54, 1.807) is 24.5 Å². The zero-order valence-corrected chi connectivity index (χ0v) is 12.3. The van der Waals surface area contributed by atoms with Gasteiger partial charge in [-0.05, 0) is 25.1 Å². The van der Waals surface area contributed by atoms with Crippen molar-refractivity contribution in [1.29, 1.82) is 5.41 Å². The standard InChI is InChI=1S/C15H17N3OS/c1-10-18-13(9-20-10)5-3-4-11-8-12(15(16)17)6-7-14(11)19-2/h3-4,6-9H,5H2,1-2H3,(H3,16,17)/b4-3+. The number of benzene rings is 1. The van der Waals surface area contributed by atoms with Gasteiger partial charge in [-0.1, -0.05) is 12.2 Å². The fourth-order valence-electron chi connectivity index (χ4n) is 1.84. The van der Waals surface area contributed by atoms with E-state index in [1.165, 1.54) is 0 Å². The summed E-state index contributed by atoms with van der Waals surface area (Å²) in [5.74, 6) is 0.818. The van der Waals surface area contributed by atoms with Gasteiger partial charge < -0.3 is 10.5 Å². The fourth-order valence-corrected chi connectivity index (χ4v) is 2.47. The third-order valence-corrected chi connectivity index (χ3v) is 3.65. The van der Waals surface area contributed by atoms with Crippen molar-refractivity contribution >= 4 is 23.2 Å². The average Bonchev–Trinajstić information content (AvgIpc) is 2.84. The van der Waals surface area contributed by atoms with Crippen molar-refractivity contribution in [2.75, 3.05) is 7.11 Å². The summed E-state index contributed by atoms with van der Waals surface area (Å²) in [6.45, 7) is 2.00. The summed E-state index contributed by atoms with van der Waals surface area (Å²) in [4.78, 5) is 4.41. The molecular formula is C15H17N3OS. The predicted molar refractivity (Wildman–Crippen MR) is 83.6 cm³/mol. The van der Waals surface area contributed by atoms with Crippen LogP contribution >= 0.6 is 11.3 Å². The molecule has 2 rings (SSSR count). The second kappa shape index (κ2) is 6.34. The first-order valence-corrected chi connectivity index (χ1v) is 7.08. The van der Waals surface area contributed by atoms with Crippen LogP contribution in [0.3, 0.4) is 0 Å². The maximum absolute atomic E-state index is 7.48. The van der Waals surface area contributed by atoms with E-state index in [0.717, 1.165) is 28.4 Å². The van der Waals surface area contributed by atoms with E-state index >= 15 is 0 Å². The maximum Gasteiger partial charge on any atom is 0.126 e. The monoisotopic (exact) mass is 287 g/mol. The molecule has 0 spiro atoms. The van der Waals surface area contributed by atoms with Crippen LogP contribution in [-0.2, 0) is 6.42 Å². The van der Waals surface area contributed by atoms with Gasteiger partial charge in [0.1, 0.15) is 11.6 Å². The highest BCUT2D eigenvalue weighted by atomic mass is 32.1. The van der Waals surface area contributed by atoms with Crippen LogP contribution in [0.2, 0.25) is 0 Å². The highest BCUT2D eigenvalue weighted by Crippen LogP contribution is 2.21. The molecule has 0 radical (unpaired) electrons. The molecule has 104 valence electrons. The molecule has 0 aliphatic heterocycles. The number of methoxy groups -OCH3 is 1. The normalized spacial score (nSPS) is 10.9. The van der Waals surface area contributed by atoms with Crippen molar-refractivity contribution in [2.24, 2.45) is 5.73 Å². The lowest BCUT2D eigenvalue weighted by Gasteiger charge is -2.07. The number of aromatic nitrogens is 1. The van der Waals surface area contributed by atoms with Crippen molar-refractivity contribution in [1.82, 2.24) is 4.98 Å². The minimum absolute atomic E-state index is 0.0532. The first-order valence-electron chi connectivity index (χ1n) is 6.20. The quantitative estimate of drug-likeness (QED) is 0.656. The number of nitrogens with one attached hydrogen (secondary N) is 1. The minimum Gasteiger partial charge on any atom is -0.496 e. The Hall–Kier alpha value is -2.14. The number of nitrogen functional groups attached to an aromatic ring is 1. The third kappa shape index (κ3) is 3.45. The van der Waals surface area contributed by atoms with E-state index in [1.807, 2.05) is 31.2 Å². The lowest BCUT2D eigenvalue weighted by molar-refractivity contribution is 0.414. The van der Waals surface area contributed by atoms with Crippen molar-refractivity contribution in [3.63, 3.8) is 0 Å². The van der Waals surface area contributed by atoms with Crippen molar-refractivity contribution in [3.05, 3.63) is 51.5 Å². The van der Waals surface area contributed by atoms with E-state index < -0.39 is 0 Å². The SMILES string of the molecule is COc1ccc(C(=N)N)cc1/C=C/Cc1csc(C)n1. The molecule has 1 heterocycles. The molecule has 4 nitrogen and oxygen atoms in total. The molecule has 1 aromatic carbocycles. The summed E-state index contributed by atoms with van der Waals surface area (Å²) < 4.78 is 5.31. The van der Waals surface area contributed by atoms with E-state index in [9.17, 15) is 0 Å². The molecule has 20 heavy (non-hydrogen) atoms. The molecule has 2 aromatic rings. The van der Waals surface area contributed by atoms with Gasteiger partial charge in [0.2, 0.25) is 0 Å². The summed E-state index contributed by atoms with van der Waals surface area (Å²) in [6.07, 6.45) is 4.79. The average molecular weight is 287 g/mol. The first-order chi connectivity index (χ1) is 9.60. The lowest BCUT2D eigenvalue weighted by atomic mass is 10.1. The largest absolute Gasteiger partial charge is 0.496 e. The number of allylic oxidation sites excluding steroid dienone is 1. The molecule has 5 heteroatoms.